The monoisotopic (exact) mass is 378 g/mol. The molecule has 0 saturated heterocycles. The van der Waals surface area contributed by atoms with E-state index in [1.165, 1.54) is 0 Å². The summed E-state index contributed by atoms with van der Waals surface area (Å²) in [6, 6.07) is 19.4. The largest absolute Gasteiger partial charge is 0.365 e. The van der Waals surface area contributed by atoms with Crippen molar-refractivity contribution >= 4 is 11.6 Å². The zero-order valence-electron chi connectivity index (χ0n) is 14.2. The Hall–Kier alpha value is -2.96. The zero-order valence-corrected chi connectivity index (χ0v) is 15.0. The summed E-state index contributed by atoms with van der Waals surface area (Å²) in [4.78, 5) is 4.46. The van der Waals surface area contributed by atoms with Gasteiger partial charge in [0.25, 0.3) is 5.89 Å². The van der Waals surface area contributed by atoms with Gasteiger partial charge in [-0.25, -0.2) is 0 Å². The Labute approximate surface area is 160 Å². The van der Waals surface area contributed by atoms with E-state index in [9.17, 15) is 0 Å². The molecule has 4 aromatic rings. The molecular weight excluding hydrogens is 364 g/mol. The quantitative estimate of drug-likeness (QED) is 0.524. The van der Waals surface area contributed by atoms with Gasteiger partial charge in [0, 0.05) is 10.6 Å². The highest BCUT2D eigenvalue weighted by atomic mass is 35.5. The Kier molecular flexibility index (Phi) is 3.99. The Morgan fingerprint density at radius 1 is 1.04 bits per heavy atom. The number of benzene rings is 2. The zero-order chi connectivity index (χ0) is 18.2. The van der Waals surface area contributed by atoms with Gasteiger partial charge < -0.3 is 9.26 Å². The van der Waals surface area contributed by atoms with Crippen molar-refractivity contribution in [1.29, 1.82) is 0 Å². The average molecular weight is 379 g/mol. The SMILES string of the molecule is Clc1ccc(-c2noc(-c3cc4n(n3)C[C@@H](c3ccccc3)OC4)n2)cc1. The second-order valence-corrected chi connectivity index (χ2v) is 6.78. The van der Waals surface area contributed by atoms with E-state index in [0.717, 1.165) is 16.8 Å². The summed E-state index contributed by atoms with van der Waals surface area (Å²) in [5.74, 6) is 0.893. The van der Waals surface area contributed by atoms with Crippen LogP contribution in [0, 0.1) is 0 Å². The lowest BCUT2D eigenvalue weighted by molar-refractivity contribution is -0.00113. The molecule has 1 atom stereocenters. The molecule has 27 heavy (non-hydrogen) atoms. The fraction of sp³-hybridized carbons (Fsp3) is 0.150. The van der Waals surface area contributed by atoms with E-state index in [2.05, 4.69) is 27.4 Å². The van der Waals surface area contributed by atoms with Gasteiger partial charge in [0.05, 0.1) is 18.8 Å². The van der Waals surface area contributed by atoms with Crippen molar-refractivity contribution in [3.63, 3.8) is 0 Å². The van der Waals surface area contributed by atoms with Crippen LogP contribution >= 0.6 is 11.6 Å². The van der Waals surface area contributed by atoms with Crippen molar-refractivity contribution in [2.24, 2.45) is 0 Å². The van der Waals surface area contributed by atoms with Crippen molar-refractivity contribution in [2.75, 3.05) is 0 Å². The highest BCUT2D eigenvalue weighted by Crippen LogP contribution is 2.29. The molecule has 1 aliphatic rings. The van der Waals surface area contributed by atoms with Gasteiger partial charge in [0.2, 0.25) is 5.82 Å². The minimum absolute atomic E-state index is 0.0150. The lowest BCUT2D eigenvalue weighted by atomic mass is 10.1. The molecule has 0 amide bonds. The van der Waals surface area contributed by atoms with Gasteiger partial charge in [-0.15, -0.1) is 0 Å². The fourth-order valence-corrected chi connectivity index (χ4v) is 3.27. The van der Waals surface area contributed by atoms with E-state index in [1.807, 2.05) is 41.1 Å². The summed E-state index contributed by atoms with van der Waals surface area (Å²) in [6.07, 6.45) is -0.0150. The molecule has 0 N–H and O–H groups in total. The predicted molar refractivity (Wildman–Crippen MR) is 99.9 cm³/mol. The van der Waals surface area contributed by atoms with E-state index >= 15 is 0 Å². The second-order valence-electron chi connectivity index (χ2n) is 6.34. The minimum Gasteiger partial charge on any atom is -0.365 e. The van der Waals surface area contributed by atoms with Crippen LogP contribution in [0.1, 0.15) is 17.4 Å². The molecule has 0 aliphatic carbocycles. The number of halogens is 1. The van der Waals surface area contributed by atoms with Crippen molar-refractivity contribution in [1.82, 2.24) is 19.9 Å². The summed E-state index contributed by atoms with van der Waals surface area (Å²) >= 11 is 5.93. The Balaban J connectivity index is 1.40. The third-order valence-electron chi connectivity index (χ3n) is 4.55. The fourth-order valence-electron chi connectivity index (χ4n) is 3.14. The maximum atomic E-state index is 5.99. The van der Waals surface area contributed by atoms with Crippen LogP contribution in [-0.4, -0.2) is 19.9 Å². The van der Waals surface area contributed by atoms with Crippen LogP contribution in [0.5, 0.6) is 0 Å². The van der Waals surface area contributed by atoms with Gasteiger partial charge in [-0.1, -0.05) is 47.1 Å². The molecule has 6 nitrogen and oxygen atoms in total. The molecule has 134 valence electrons. The number of rotatable bonds is 3. The van der Waals surface area contributed by atoms with Gasteiger partial charge >= 0.3 is 0 Å². The Morgan fingerprint density at radius 2 is 1.85 bits per heavy atom. The van der Waals surface area contributed by atoms with E-state index in [0.29, 0.717) is 35.6 Å². The topological polar surface area (TPSA) is 66.0 Å². The summed E-state index contributed by atoms with van der Waals surface area (Å²) in [5, 5.41) is 9.35. The number of nitrogens with zero attached hydrogens (tertiary/aromatic N) is 4. The van der Waals surface area contributed by atoms with E-state index in [4.69, 9.17) is 20.9 Å². The summed E-state index contributed by atoms with van der Waals surface area (Å²) < 4.78 is 13.3. The molecule has 7 heteroatoms. The first-order chi connectivity index (χ1) is 13.3. The summed E-state index contributed by atoms with van der Waals surface area (Å²) in [7, 11) is 0. The first-order valence-corrected chi connectivity index (χ1v) is 8.97. The predicted octanol–water partition coefficient (Wildman–Crippen LogP) is 4.53. The number of hydrogen-bond donors (Lipinski definition) is 0. The van der Waals surface area contributed by atoms with Crippen LogP contribution in [0.3, 0.4) is 0 Å². The lowest BCUT2D eigenvalue weighted by Gasteiger charge is -2.24. The molecule has 0 radical (unpaired) electrons. The molecule has 0 spiro atoms. The average Bonchev–Trinajstić information content (AvgIpc) is 3.36. The number of aromatic nitrogens is 4. The molecule has 2 aromatic heterocycles. The lowest BCUT2D eigenvalue weighted by Crippen LogP contribution is -2.21. The van der Waals surface area contributed by atoms with Gasteiger partial charge in [0.15, 0.2) is 5.69 Å². The second kappa shape index (κ2) is 6.64. The molecule has 0 unspecified atom stereocenters. The summed E-state index contributed by atoms with van der Waals surface area (Å²) in [5.41, 5.74) is 3.62. The Bertz CT molecular complexity index is 1070. The van der Waals surface area contributed by atoms with Crippen molar-refractivity contribution in [3.8, 4) is 23.0 Å². The van der Waals surface area contributed by atoms with E-state index < -0.39 is 0 Å². The van der Waals surface area contributed by atoms with Crippen molar-refractivity contribution < 1.29 is 9.26 Å². The van der Waals surface area contributed by atoms with Crippen LogP contribution in [0.4, 0.5) is 0 Å². The molecular formula is C20H15ClN4O2. The van der Waals surface area contributed by atoms with Crippen LogP contribution in [0.2, 0.25) is 5.02 Å². The normalized spacial score (nSPS) is 16.3. The van der Waals surface area contributed by atoms with Gasteiger partial charge in [-0.3, -0.25) is 4.68 Å². The summed E-state index contributed by atoms with van der Waals surface area (Å²) in [6.45, 7) is 1.14. The maximum absolute atomic E-state index is 5.99. The number of ether oxygens (including phenoxy) is 1. The van der Waals surface area contributed by atoms with Crippen LogP contribution in [0.25, 0.3) is 23.0 Å². The Morgan fingerprint density at radius 3 is 2.67 bits per heavy atom. The number of fused-ring (bicyclic) bond motifs is 1. The maximum Gasteiger partial charge on any atom is 0.278 e. The first kappa shape index (κ1) is 16.2. The van der Waals surface area contributed by atoms with Crippen LogP contribution in [0.15, 0.2) is 65.2 Å². The molecule has 1 aliphatic heterocycles. The molecule has 0 saturated carbocycles. The molecule has 0 bridgehead atoms. The molecule has 3 heterocycles. The van der Waals surface area contributed by atoms with E-state index in [1.54, 1.807) is 12.1 Å². The van der Waals surface area contributed by atoms with Gasteiger partial charge in [-0.05, 0) is 35.9 Å². The highest BCUT2D eigenvalue weighted by Gasteiger charge is 2.24. The van der Waals surface area contributed by atoms with Crippen LogP contribution < -0.4 is 0 Å². The van der Waals surface area contributed by atoms with Gasteiger partial charge in [0.1, 0.15) is 6.10 Å². The standard InChI is InChI=1S/C20H15ClN4O2/c21-15-8-6-14(7-9-15)19-22-20(27-24-19)17-10-16-12-26-18(11-25(16)23-17)13-4-2-1-3-5-13/h1-10,18H,11-12H2/t18-/m0/s1. The van der Waals surface area contributed by atoms with E-state index in [-0.39, 0.29) is 6.10 Å². The van der Waals surface area contributed by atoms with Crippen molar-refractivity contribution in [2.45, 2.75) is 19.3 Å². The highest BCUT2D eigenvalue weighted by molar-refractivity contribution is 6.30. The van der Waals surface area contributed by atoms with Crippen molar-refractivity contribution in [3.05, 3.63) is 76.9 Å². The molecule has 2 aromatic carbocycles. The smallest absolute Gasteiger partial charge is 0.278 e. The first-order valence-electron chi connectivity index (χ1n) is 8.59. The third kappa shape index (κ3) is 3.13. The minimum atomic E-state index is -0.0150. The number of hydrogen-bond acceptors (Lipinski definition) is 5. The third-order valence-corrected chi connectivity index (χ3v) is 4.81. The molecule has 0 fully saturated rings. The van der Waals surface area contributed by atoms with Gasteiger partial charge in [-0.2, -0.15) is 10.1 Å². The van der Waals surface area contributed by atoms with Crippen LogP contribution in [-0.2, 0) is 17.9 Å². The molecule has 5 rings (SSSR count).